The van der Waals surface area contributed by atoms with Crippen molar-refractivity contribution in [2.75, 3.05) is 13.1 Å². The molecule has 1 aliphatic heterocycles. The molecule has 200 valence electrons. The first kappa shape index (κ1) is 28.3. The number of piperidine rings is 1. The van der Waals surface area contributed by atoms with Crippen molar-refractivity contribution >= 4 is 27.8 Å². The van der Waals surface area contributed by atoms with Gasteiger partial charge in [-0.2, -0.15) is 4.72 Å². The Morgan fingerprint density at radius 2 is 1.59 bits per heavy atom. The van der Waals surface area contributed by atoms with Gasteiger partial charge in [-0.05, 0) is 49.8 Å². The normalized spacial score (nSPS) is 16.3. The molecular formula is C27H35N3O6S. The van der Waals surface area contributed by atoms with Gasteiger partial charge in [0.25, 0.3) is 0 Å². The lowest BCUT2D eigenvalue weighted by Crippen LogP contribution is -2.53. The molecule has 37 heavy (non-hydrogen) atoms. The van der Waals surface area contributed by atoms with Gasteiger partial charge in [-0.3, -0.25) is 9.59 Å². The van der Waals surface area contributed by atoms with Crippen LogP contribution in [0.3, 0.4) is 0 Å². The van der Waals surface area contributed by atoms with Crippen molar-refractivity contribution in [1.82, 2.24) is 14.9 Å². The quantitative estimate of drug-likeness (QED) is 0.433. The molecular weight excluding hydrogens is 494 g/mol. The van der Waals surface area contributed by atoms with Gasteiger partial charge in [-0.15, -0.1) is 0 Å². The number of carboxylic acids is 1. The number of hydrogen-bond acceptors (Lipinski definition) is 5. The first-order chi connectivity index (χ1) is 17.5. The summed E-state index contributed by atoms with van der Waals surface area (Å²) in [5.74, 6) is -2.46. The summed E-state index contributed by atoms with van der Waals surface area (Å²) < 4.78 is 28.8. The van der Waals surface area contributed by atoms with E-state index in [1.807, 2.05) is 37.3 Å². The Labute approximate surface area is 218 Å². The Balaban J connectivity index is 1.71. The van der Waals surface area contributed by atoms with Gasteiger partial charge < -0.3 is 15.3 Å². The zero-order valence-corrected chi connectivity index (χ0v) is 22.2. The number of likely N-dealkylation sites (tertiary alicyclic amines) is 1. The predicted molar refractivity (Wildman–Crippen MR) is 139 cm³/mol. The Kier molecular flexibility index (Phi) is 9.45. The van der Waals surface area contributed by atoms with Gasteiger partial charge in [-0.1, -0.05) is 61.9 Å². The van der Waals surface area contributed by atoms with Crippen molar-refractivity contribution in [3.05, 3.63) is 65.7 Å². The topological polar surface area (TPSA) is 133 Å². The molecule has 0 unspecified atom stereocenters. The van der Waals surface area contributed by atoms with E-state index in [2.05, 4.69) is 10.0 Å². The third kappa shape index (κ3) is 7.62. The zero-order chi connectivity index (χ0) is 27.2. The molecule has 0 bridgehead atoms. The number of carbonyl (C=O) groups excluding carboxylic acids is 2. The number of benzene rings is 2. The number of aryl methyl sites for hydroxylation is 1. The van der Waals surface area contributed by atoms with Crippen molar-refractivity contribution < 1.29 is 27.9 Å². The summed E-state index contributed by atoms with van der Waals surface area (Å²) in [4.78, 5) is 39.3. The fraction of sp³-hybridized carbons (Fsp3) is 0.444. The van der Waals surface area contributed by atoms with Crippen LogP contribution < -0.4 is 10.0 Å². The highest BCUT2D eigenvalue weighted by atomic mass is 32.2. The van der Waals surface area contributed by atoms with Gasteiger partial charge in [0.15, 0.2) is 0 Å². The molecule has 2 aromatic carbocycles. The fourth-order valence-electron chi connectivity index (χ4n) is 4.37. The molecule has 9 nitrogen and oxygen atoms in total. The van der Waals surface area contributed by atoms with E-state index in [9.17, 15) is 27.9 Å². The number of hydrogen-bond donors (Lipinski definition) is 3. The second-order valence-electron chi connectivity index (χ2n) is 9.84. The summed E-state index contributed by atoms with van der Waals surface area (Å²) in [6.45, 7) is 5.86. The summed E-state index contributed by atoms with van der Waals surface area (Å²) in [5.41, 5.74) is 1.74. The van der Waals surface area contributed by atoms with Crippen LogP contribution in [-0.4, -0.2) is 61.4 Å². The van der Waals surface area contributed by atoms with Gasteiger partial charge in [0.05, 0.1) is 4.90 Å². The lowest BCUT2D eigenvalue weighted by Gasteiger charge is -2.34. The van der Waals surface area contributed by atoms with E-state index in [4.69, 9.17) is 0 Å². The minimum atomic E-state index is -3.95. The first-order valence-corrected chi connectivity index (χ1v) is 13.9. The van der Waals surface area contributed by atoms with Crippen LogP contribution in [0, 0.1) is 18.8 Å². The van der Waals surface area contributed by atoms with E-state index < -0.39 is 34.0 Å². The largest absolute Gasteiger partial charge is 0.480 e. The zero-order valence-electron chi connectivity index (χ0n) is 21.4. The van der Waals surface area contributed by atoms with Crippen molar-refractivity contribution in [2.24, 2.45) is 11.8 Å². The molecule has 0 radical (unpaired) electrons. The van der Waals surface area contributed by atoms with Crippen LogP contribution in [-0.2, 0) is 30.8 Å². The number of nitrogens with zero attached hydrogens (tertiary/aromatic N) is 1. The first-order valence-electron chi connectivity index (χ1n) is 12.4. The summed E-state index contributed by atoms with van der Waals surface area (Å²) in [5, 5.41) is 12.0. The Bertz CT molecular complexity index is 1190. The molecule has 0 saturated carbocycles. The third-order valence-corrected chi connectivity index (χ3v) is 8.10. The second-order valence-corrected chi connectivity index (χ2v) is 11.6. The van der Waals surface area contributed by atoms with Gasteiger partial charge in [-0.25, -0.2) is 13.2 Å². The SMILES string of the molecule is Cc1ccc(S(=O)(=O)N[C@@H](Cc2ccccc2)C(=O)N2CCC(C(=O)N[C@H](C(=O)O)C(C)C)CC2)cc1. The fourth-order valence-corrected chi connectivity index (χ4v) is 5.56. The van der Waals surface area contributed by atoms with Crippen LogP contribution in [0.4, 0.5) is 0 Å². The van der Waals surface area contributed by atoms with Crippen molar-refractivity contribution in [1.29, 1.82) is 0 Å². The number of aliphatic carboxylic acids is 1. The number of carboxylic acid groups (broad SMARTS) is 1. The van der Waals surface area contributed by atoms with Crippen LogP contribution in [0.2, 0.25) is 0 Å². The Morgan fingerprint density at radius 3 is 2.14 bits per heavy atom. The minimum Gasteiger partial charge on any atom is -0.480 e. The molecule has 1 heterocycles. The molecule has 0 spiro atoms. The standard InChI is InChI=1S/C27H35N3O6S/c1-18(2)24(27(33)34)28-25(31)21-13-15-30(16-14-21)26(32)23(17-20-7-5-4-6-8-20)29-37(35,36)22-11-9-19(3)10-12-22/h4-12,18,21,23-24,29H,13-17H2,1-3H3,(H,28,31)(H,33,34)/t23-,24-/m0/s1. The highest BCUT2D eigenvalue weighted by Gasteiger charge is 2.34. The molecule has 3 rings (SSSR count). The van der Waals surface area contributed by atoms with Crippen molar-refractivity contribution in [3.63, 3.8) is 0 Å². The number of rotatable bonds is 10. The van der Waals surface area contributed by atoms with E-state index >= 15 is 0 Å². The van der Waals surface area contributed by atoms with E-state index in [-0.39, 0.29) is 42.1 Å². The molecule has 0 aromatic heterocycles. The number of amides is 2. The molecule has 2 atom stereocenters. The molecule has 1 aliphatic rings. The van der Waals surface area contributed by atoms with Gasteiger partial charge in [0.2, 0.25) is 21.8 Å². The highest BCUT2D eigenvalue weighted by molar-refractivity contribution is 7.89. The number of carbonyl (C=O) groups is 3. The highest BCUT2D eigenvalue weighted by Crippen LogP contribution is 2.21. The van der Waals surface area contributed by atoms with Crippen LogP contribution in [0.15, 0.2) is 59.5 Å². The molecule has 3 N–H and O–H groups in total. The van der Waals surface area contributed by atoms with E-state index in [0.717, 1.165) is 11.1 Å². The predicted octanol–water partition coefficient (Wildman–Crippen LogP) is 2.35. The monoisotopic (exact) mass is 529 g/mol. The summed E-state index contributed by atoms with van der Waals surface area (Å²) in [7, 11) is -3.95. The van der Waals surface area contributed by atoms with Crippen LogP contribution >= 0.6 is 0 Å². The van der Waals surface area contributed by atoms with Crippen molar-refractivity contribution in [3.8, 4) is 0 Å². The van der Waals surface area contributed by atoms with E-state index in [0.29, 0.717) is 12.8 Å². The summed E-state index contributed by atoms with van der Waals surface area (Å²) >= 11 is 0. The van der Waals surface area contributed by atoms with Gasteiger partial charge in [0, 0.05) is 19.0 Å². The third-order valence-electron chi connectivity index (χ3n) is 6.62. The van der Waals surface area contributed by atoms with E-state index in [1.54, 1.807) is 30.9 Å². The lowest BCUT2D eigenvalue weighted by molar-refractivity contribution is -0.144. The summed E-state index contributed by atoms with van der Waals surface area (Å²) in [6.07, 6.45) is 0.912. The molecule has 2 aromatic rings. The van der Waals surface area contributed by atoms with Crippen LogP contribution in [0.25, 0.3) is 0 Å². The maximum absolute atomic E-state index is 13.5. The molecule has 1 saturated heterocycles. The van der Waals surface area contributed by atoms with Crippen molar-refractivity contribution in [2.45, 2.75) is 57.0 Å². The number of nitrogens with one attached hydrogen (secondary N) is 2. The van der Waals surface area contributed by atoms with Crippen LogP contribution in [0.1, 0.15) is 37.8 Å². The summed E-state index contributed by atoms with van der Waals surface area (Å²) in [6, 6.07) is 13.6. The van der Waals surface area contributed by atoms with Gasteiger partial charge >= 0.3 is 5.97 Å². The van der Waals surface area contributed by atoms with E-state index in [1.165, 1.54) is 12.1 Å². The molecule has 0 aliphatic carbocycles. The average molecular weight is 530 g/mol. The maximum Gasteiger partial charge on any atom is 0.326 e. The smallest absolute Gasteiger partial charge is 0.326 e. The minimum absolute atomic E-state index is 0.0810. The molecule has 1 fully saturated rings. The average Bonchev–Trinajstić information content (AvgIpc) is 2.86. The van der Waals surface area contributed by atoms with Crippen LogP contribution in [0.5, 0.6) is 0 Å². The number of sulfonamides is 1. The lowest BCUT2D eigenvalue weighted by atomic mass is 9.94. The maximum atomic E-state index is 13.5. The molecule has 10 heteroatoms. The Morgan fingerprint density at radius 1 is 1.00 bits per heavy atom. The second kappa shape index (κ2) is 12.3. The van der Waals surface area contributed by atoms with Gasteiger partial charge in [0.1, 0.15) is 12.1 Å². The Hall–Kier alpha value is -3.24. The molecule has 2 amide bonds.